The molecule has 28 heavy (non-hydrogen) atoms. The Morgan fingerprint density at radius 1 is 0.893 bits per heavy atom. The lowest BCUT2D eigenvalue weighted by atomic mass is 10.0. The van der Waals surface area contributed by atoms with Crippen LogP contribution in [0.3, 0.4) is 0 Å². The number of hydrogen-bond donors (Lipinski definition) is 3. The van der Waals surface area contributed by atoms with Gasteiger partial charge in [0.25, 0.3) is 0 Å². The van der Waals surface area contributed by atoms with Gasteiger partial charge in [-0.3, -0.25) is 9.69 Å². The molecule has 4 aromatic rings. The van der Waals surface area contributed by atoms with Gasteiger partial charge in [0.1, 0.15) is 0 Å². The van der Waals surface area contributed by atoms with Gasteiger partial charge in [-0.05, 0) is 12.1 Å². The zero-order valence-electron chi connectivity index (χ0n) is 15.4. The topological polar surface area (TPSA) is 72.8 Å². The highest BCUT2D eigenvalue weighted by molar-refractivity contribution is 7.26. The highest BCUT2D eigenvalue weighted by Crippen LogP contribution is 2.41. The zero-order chi connectivity index (χ0) is 19.5. The number of hydrogen-bond acceptors (Lipinski definition) is 5. The molecule has 0 saturated carbocycles. The molecule has 0 aliphatic carbocycles. The Morgan fingerprint density at radius 3 is 2.25 bits per heavy atom. The Balaban J connectivity index is 1.75. The third kappa shape index (κ3) is 3.59. The second-order valence-corrected chi connectivity index (χ2v) is 7.77. The summed E-state index contributed by atoms with van der Waals surface area (Å²) in [6.07, 6.45) is 0. The van der Waals surface area contributed by atoms with Crippen molar-refractivity contribution in [3.63, 3.8) is 0 Å². The second-order valence-electron chi connectivity index (χ2n) is 6.72. The molecule has 0 saturated heterocycles. The molecule has 3 N–H and O–H groups in total. The summed E-state index contributed by atoms with van der Waals surface area (Å²) in [6.45, 7) is 0.718. The minimum atomic E-state index is -0.161. The van der Waals surface area contributed by atoms with Gasteiger partial charge in [0, 0.05) is 49.7 Å². The first-order valence-corrected chi connectivity index (χ1v) is 10.1. The second kappa shape index (κ2) is 8.24. The number of carbonyl (C=O) groups excluding carboxylic acids is 1. The lowest BCUT2D eigenvalue weighted by molar-refractivity contribution is -0.117. The lowest BCUT2D eigenvalue weighted by Gasteiger charge is -2.19. The molecule has 3 aromatic carbocycles. The number of carbonyl (C=O) groups is 1. The van der Waals surface area contributed by atoms with Gasteiger partial charge in [-0.25, -0.2) is 0 Å². The minimum Gasteiger partial charge on any atom is -0.395 e. The van der Waals surface area contributed by atoms with Crippen molar-refractivity contribution >= 4 is 53.9 Å². The Bertz CT molecular complexity index is 1130. The SMILES string of the molecule is O=C(CN(CCO)CCO)Nc1cc2c3ccccc3sc2c2ccccc12. The number of nitrogens with one attached hydrogen (secondary N) is 1. The van der Waals surface area contributed by atoms with Gasteiger partial charge in [-0.15, -0.1) is 11.3 Å². The first kappa shape index (κ1) is 18.8. The van der Waals surface area contributed by atoms with Crippen molar-refractivity contribution in [2.45, 2.75) is 0 Å². The minimum absolute atomic E-state index is 0.0525. The summed E-state index contributed by atoms with van der Waals surface area (Å²) in [5, 5.41) is 25.8. The largest absolute Gasteiger partial charge is 0.395 e. The molecule has 0 fully saturated rings. The van der Waals surface area contributed by atoms with E-state index in [1.54, 1.807) is 16.2 Å². The van der Waals surface area contributed by atoms with E-state index >= 15 is 0 Å². The van der Waals surface area contributed by atoms with Crippen LogP contribution in [-0.2, 0) is 4.79 Å². The van der Waals surface area contributed by atoms with Crippen LogP contribution in [0.25, 0.3) is 30.9 Å². The van der Waals surface area contributed by atoms with Gasteiger partial charge in [0.05, 0.1) is 19.8 Å². The number of aliphatic hydroxyl groups is 2. The summed E-state index contributed by atoms with van der Waals surface area (Å²) >= 11 is 1.77. The number of rotatable bonds is 7. The summed E-state index contributed by atoms with van der Waals surface area (Å²) < 4.78 is 2.44. The van der Waals surface area contributed by atoms with Gasteiger partial charge < -0.3 is 15.5 Å². The maximum absolute atomic E-state index is 12.6. The molecule has 6 heteroatoms. The molecule has 1 aromatic heterocycles. The maximum Gasteiger partial charge on any atom is 0.238 e. The molecule has 5 nitrogen and oxygen atoms in total. The third-order valence-corrected chi connectivity index (χ3v) is 6.08. The number of amides is 1. The number of thiophene rings is 1. The third-order valence-electron chi connectivity index (χ3n) is 4.86. The van der Waals surface area contributed by atoms with Crippen LogP contribution in [0.15, 0.2) is 54.6 Å². The van der Waals surface area contributed by atoms with E-state index in [2.05, 4.69) is 29.6 Å². The number of anilines is 1. The zero-order valence-corrected chi connectivity index (χ0v) is 16.2. The molecule has 0 aliphatic rings. The van der Waals surface area contributed by atoms with E-state index in [0.717, 1.165) is 21.8 Å². The molecule has 0 spiro atoms. The van der Waals surface area contributed by atoms with E-state index in [0.29, 0.717) is 13.1 Å². The summed E-state index contributed by atoms with van der Waals surface area (Å²) in [7, 11) is 0. The lowest BCUT2D eigenvalue weighted by Crippen LogP contribution is -2.37. The van der Waals surface area contributed by atoms with Crippen LogP contribution in [0, 0.1) is 0 Å². The van der Waals surface area contributed by atoms with Gasteiger partial charge in [-0.2, -0.15) is 0 Å². The standard InChI is InChI=1S/C22H22N2O3S/c25-11-9-24(10-12-26)14-21(27)23-19-13-18-16-6-3-4-8-20(16)28-22(18)17-7-2-1-5-15(17)19/h1-8,13,25-26H,9-12,14H2,(H,23,27). The fraction of sp³-hybridized carbons (Fsp3) is 0.227. The quantitative estimate of drug-likeness (QED) is 0.449. The van der Waals surface area contributed by atoms with Crippen LogP contribution >= 0.6 is 11.3 Å². The summed E-state index contributed by atoms with van der Waals surface area (Å²) in [4.78, 5) is 14.4. The van der Waals surface area contributed by atoms with Gasteiger partial charge in [0.15, 0.2) is 0 Å². The van der Waals surface area contributed by atoms with Crippen LogP contribution in [0.4, 0.5) is 5.69 Å². The van der Waals surface area contributed by atoms with Crippen molar-refractivity contribution in [2.24, 2.45) is 0 Å². The van der Waals surface area contributed by atoms with Crippen LogP contribution in [-0.4, -0.2) is 53.9 Å². The van der Waals surface area contributed by atoms with E-state index in [9.17, 15) is 4.79 Å². The number of nitrogens with zero attached hydrogens (tertiary/aromatic N) is 1. The van der Waals surface area contributed by atoms with Crippen LogP contribution < -0.4 is 5.32 Å². The molecule has 0 radical (unpaired) electrons. The smallest absolute Gasteiger partial charge is 0.238 e. The predicted molar refractivity (Wildman–Crippen MR) is 116 cm³/mol. The summed E-state index contributed by atoms with van der Waals surface area (Å²) in [6, 6.07) is 18.5. The Morgan fingerprint density at radius 2 is 1.54 bits per heavy atom. The van der Waals surface area contributed by atoms with Crippen molar-refractivity contribution < 1.29 is 15.0 Å². The molecule has 1 amide bonds. The molecular weight excluding hydrogens is 372 g/mol. The van der Waals surface area contributed by atoms with Crippen molar-refractivity contribution in [2.75, 3.05) is 38.2 Å². The summed E-state index contributed by atoms with van der Waals surface area (Å²) in [5.41, 5.74) is 0.782. The highest BCUT2D eigenvalue weighted by Gasteiger charge is 2.15. The first-order chi connectivity index (χ1) is 13.7. The van der Waals surface area contributed by atoms with Crippen molar-refractivity contribution in [3.8, 4) is 0 Å². The van der Waals surface area contributed by atoms with Gasteiger partial charge in [0.2, 0.25) is 5.91 Å². The average molecular weight is 394 g/mol. The molecule has 0 bridgehead atoms. The van der Waals surface area contributed by atoms with Crippen LogP contribution in [0.5, 0.6) is 0 Å². The number of aliphatic hydroxyl groups excluding tert-OH is 2. The van der Waals surface area contributed by atoms with E-state index in [-0.39, 0.29) is 25.7 Å². The first-order valence-electron chi connectivity index (χ1n) is 9.28. The van der Waals surface area contributed by atoms with Gasteiger partial charge in [-0.1, -0.05) is 42.5 Å². The Labute approximate surface area is 166 Å². The molecule has 0 atom stereocenters. The van der Waals surface area contributed by atoms with Crippen molar-refractivity contribution in [1.29, 1.82) is 0 Å². The van der Waals surface area contributed by atoms with E-state index in [1.807, 2.05) is 30.3 Å². The predicted octanol–water partition coefficient (Wildman–Crippen LogP) is 3.43. The molecular formula is C22H22N2O3S. The highest BCUT2D eigenvalue weighted by atomic mass is 32.1. The normalized spacial score (nSPS) is 11.7. The molecule has 0 aliphatic heterocycles. The molecule has 1 heterocycles. The van der Waals surface area contributed by atoms with Gasteiger partial charge >= 0.3 is 0 Å². The van der Waals surface area contributed by atoms with Crippen LogP contribution in [0.2, 0.25) is 0 Å². The summed E-state index contributed by atoms with van der Waals surface area (Å²) in [5.74, 6) is -0.161. The number of benzene rings is 3. The maximum atomic E-state index is 12.6. The van der Waals surface area contributed by atoms with E-state index in [1.165, 1.54) is 14.8 Å². The monoisotopic (exact) mass is 394 g/mol. The van der Waals surface area contributed by atoms with Crippen molar-refractivity contribution in [3.05, 3.63) is 54.6 Å². The molecule has 4 rings (SSSR count). The Hall–Kier alpha value is -2.51. The van der Waals surface area contributed by atoms with Crippen LogP contribution in [0.1, 0.15) is 0 Å². The average Bonchev–Trinajstić information content (AvgIpc) is 3.07. The molecule has 144 valence electrons. The Kier molecular flexibility index (Phi) is 5.54. The fourth-order valence-electron chi connectivity index (χ4n) is 3.60. The fourth-order valence-corrected chi connectivity index (χ4v) is 4.82. The molecule has 0 unspecified atom stereocenters. The van der Waals surface area contributed by atoms with Crippen molar-refractivity contribution in [1.82, 2.24) is 4.90 Å². The number of fused-ring (bicyclic) bond motifs is 5. The van der Waals surface area contributed by atoms with E-state index < -0.39 is 0 Å². The van der Waals surface area contributed by atoms with E-state index in [4.69, 9.17) is 10.2 Å².